The van der Waals surface area contributed by atoms with E-state index in [2.05, 4.69) is 30.3 Å². The fourth-order valence-corrected chi connectivity index (χ4v) is 2.73. The van der Waals surface area contributed by atoms with Gasteiger partial charge in [0.05, 0.1) is 24.3 Å². The van der Waals surface area contributed by atoms with E-state index in [9.17, 15) is 4.79 Å². The minimum absolute atomic E-state index is 0.0476. The zero-order valence-corrected chi connectivity index (χ0v) is 14.0. The standard InChI is InChI=1S/C16H27N3O2/c1-15(2,3)19-11-17-10-13(19)12-8-7-9-18(12)14(20)21-16(4,5)6/h10-12H,7-9H2,1-6H3/t12-/m0/s1. The van der Waals surface area contributed by atoms with Crippen LogP contribution < -0.4 is 0 Å². The molecule has 1 amide bonds. The van der Waals surface area contributed by atoms with Gasteiger partial charge in [0.25, 0.3) is 0 Å². The van der Waals surface area contributed by atoms with Gasteiger partial charge in [-0.1, -0.05) is 0 Å². The first-order valence-corrected chi connectivity index (χ1v) is 7.62. The molecule has 0 unspecified atom stereocenters. The molecule has 1 aromatic rings. The number of likely N-dealkylation sites (tertiary alicyclic amines) is 1. The summed E-state index contributed by atoms with van der Waals surface area (Å²) in [5.74, 6) is 0. The second kappa shape index (κ2) is 5.35. The van der Waals surface area contributed by atoms with E-state index in [4.69, 9.17) is 4.74 Å². The Morgan fingerprint density at radius 1 is 1.29 bits per heavy atom. The second-order valence-electron chi connectivity index (χ2n) is 7.69. The van der Waals surface area contributed by atoms with Gasteiger partial charge >= 0.3 is 6.09 Å². The van der Waals surface area contributed by atoms with Gasteiger partial charge in [-0.3, -0.25) is 4.90 Å². The van der Waals surface area contributed by atoms with Crippen molar-refractivity contribution in [3.8, 4) is 0 Å². The minimum Gasteiger partial charge on any atom is -0.444 e. The van der Waals surface area contributed by atoms with E-state index >= 15 is 0 Å². The zero-order chi connectivity index (χ0) is 15.8. The highest BCUT2D eigenvalue weighted by atomic mass is 16.6. The predicted octanol–water partition coefficient (Wildman–Crippen LogP) is 3.71. The molecule has 0 radical (unpaired) electrons. The number of aromatic nitrogens is 2. The molecule has 0 N–H and O–H groups in total. The highest BCUT2D eigenvalue weighted by Crippen LogP contribution is 2.34. The Labute approximate surface area is 127 Å². The van der Waals surface area contributed by atoms with Gasteiger partial charge in [0, 0.05) is 12.1 Å². The molecule has 118 valence electrons. The fourth-order valence-electron chi connectivity index (χ4n) is 2.73. The van der Waals surface area contributed by atoms with Crippen LogP contribution in [-0.2, 0) is 10.3 Å². The number of rotatable bonds is 1. The zero-order valence-electron chi connectivity index (χ0n) is 14.0. The maximum absolute atomic E-state index is 12.4. The molecule has 5 heteroatoms. The maximum Gasteiger partial charge on any atom is 0.410 e. The summed E-state index contributed by atoms with van der Waals surface area (Å²) in [5.41, 5.74) is 0.577. The largest absolute Gasteiger partial charge is 0.444 e. The van der Waals surface area contributed by atoms with Crippen LogP contribution in [0.25, 0.3) is 0 Å². The molecule has 1 aliphatic rings. The number of ether oxygens (including phenoxy) is 1. The molecule has 0 aromatic carbocycles. The van der Waals surface area contributed by atoms with Gasteiger partial charge in [0.2, 0.25) is 0 Å². The third-order valence-corrected chi connectivity index (χ3v) is 3.61. The number of hydrogen-bond acceptors (Lipinski definition) is 3. The molecule has 1 fully saturated rings. The predicted molar refractivity (Wildman–Crippen MR) is 82.1 cm³/mol. The average molecular weight is 293 g/mol. The third kappa shape index (κ3) is 3.57. The van der Waals surface area contributed by atoms with E-state index in [1.807, 2.05) is 38.2 Å². The number of hydrogen-bond donors (Lipinski definition) is 0. The molecule has 0 bridgehead atoms. The van der Waals surface area contributed by atoms with E-state index in [-0.39, 0.29) is 17.7 Å². The van der Waals surface area contributed by atoms with Crippen molar-refractivity contribution in [3.63, 3.8) is 0 Å². The Bertz CT molecular complexity index is 508. The average Bonchev–Trinajstić information content (AvgIpc) is 2.94. The lowest BCUT2D eigenvalue weighted by atomic mass is 10.1. The van der Waals surface area contributed by atoms with Gasteiger partial charge in [-0.05, 0) is 54.4 Å². The first-order chi connectivity index (χ1) is 9.59. The minimum atomic E-state index is -0.464. The Kier molecular flexibility index (Phi) is 4.04. The number of imidazole rings is 1. The number of carbonyl (C=O) groups excluding carboxylic acids is 1. The summed E-state index contributed by atoms with van der Waals surface area (Å²) in [6.45, 7) is 12.9. The smallest absolute Gasteiger partial charge is 0.410 e. The first kappa shape index (κ1) is 15.9. The van der Waals surface area contributed by atoms with Crippen molar-refractivity contribution in [1.29, 1.82) is 0 Å². The van der Waals surface area contributed by atoms with Crippen molar-refractivity contribution >= 4 is 6.09 Å². The summed E-state index contributed by atoms with van der Waals surface area (Å²) in [5, 5.41) is 0. The highest BCUT2D eigenvalue weighted by Gasteiger charge is 2.35. The Morgan fingerprint density at radius 2 is 1.95 bits per heavy atom. The molecule has 0 aliphatic carbocycles. The van der Waals surface area contributed by atoms with Crippen LogP contribution in [0.2, 0.25) is 0 Å². The summed E-state index contributed by atoms with van der Waals surface area (Å²) in [6, 6.07) is 0.0570. The van der Waals surface area contributed by atoms with Crippen LogP contribution in [0.1, 0.15) is 66.1 Å². The SMILES string of the molecule is CC(C)(C)OC(=O)N1CCC[C@H]1c1cncn1C(C)(C)C. The molecule has 5 nitrogen and oxygen atoms in total. The molecular formula is C16H27N3O2. The van der Waals surface area contributed by atoms with Gasteiger partial charge in [-0.25, -0.2) is 9.78 Å². The molecule has 2 rings (SSSR count). The molecule has 0 spiro atoms. The lowest BCUT2D eigenvalue weighted by Crippen LogP contribution is -2.37. The van der Waals surface area contributed by atoms with Crippen molar-refractivity contribution in [2.75, 3.05) is 6.54 Å². The van der Waals surface area contributed by atoms with Gasteiger partial charge in [0.1, 0.15) is 5.60 Å². The molecule has 1 saturated heterocycles. The van der Waals surface area contributed by atoms with Crippen molar-refractivity contribution < 1.29 is 9.53 Å². The van der Waals surface area contributed by atoms with Gasteiger partial charge in [-0.2, -0.15) is 0 Å². The van der Waals surface area contributed by atoms with Crippen molar-refractivity contribution in [3.05, 3.63) is 18.2 Å². The summed E-state index contributed by atoms with van der Waals surface area (Å²) in [4.78, 5) is 18.5. The van der Waals surface area contributed by atoms with E-state index in [1.165, 1.54) is 0 Å². The molecule has 1 atom stereocenters. The third-order valence-electron chi connectivity index (χ3n) is 3.61. The van der Waals surface area contributed by atoms with Gasteiger partial charge < -0.3 is 9.30 Å². The monoisotopic (exact) mass is 293 g/mol. The highest BCUT2D eigenvalue weighted by molar-refractivity contribution is 5.69. The van der Waals surface area contributed by atoms with Crippen LogP contribution in [0.3, 0.4) is 0 Å². The molecule has 1 aliphatic heterocycles. The molecule has 1 aromatic heterocycles. The van der Waals surface area contributed by atoms with E-state index in [0.717, 1.165) is 25.1 Å². The fraction of sp³-hybridized carbons (Fsp3) is 0.750. The maximum atomic E-state index is 12.4. The quantitative estimate of drug-likeness (QED) is 0.793. The second-order valence-corrected chi connectivity index (χ2v) is 7.69. The normalized spacial score (nSPS) is 19.9. The van der Waals surface area contributed by atoms with Crippen LogP contribution >= 0.6 is 0 Å². The summed E-state index contributed by atoms with van der Waals surface area (Å²) in [7, 11) is 0. The van der Waals surface area contributed by atoms with Gasteiger partial charge in [0.15, 0.2) is 0 Å². The van der Waals surface area contributed by atoms with Crippen LogP contribution in [0.15, 0.2) is 12.5 Å². The summed E-state index contributed by atoms with van der Waals surface area (Å²) < 4.78 is 7.69. The van der Waals surface area contributed by atoms with Crippen molar-refractivity contribution in [1.82, 2.24) is 14.5 Å². The number of amides is 1. The summed E-state index contributed by atoms with van der Waals surface area (Å²) in [6.07, 6.45) is 5.45. The molecular weight excluding hydrogens is 266 g/mol. The topological polar surface area (TPSA) is 47.4 Å². The van der Waals surface area contributed by atoms with E-state index in [0.29, 0.717) is 0 Å². The van der Waals surface area contributed by atoms with Crippen LogP contribution in [0.5, 0.6) is 0 Å². The molecule has 0 saturated carbocycles. The first-order valence-electron chi connectivity index (χ1n) is 7.62. The van der Waals surface area contributed by atoms with Gasteiger partial charge in [-0.15, -0.1) is 0 Å². The number of nitrogens with zero attached hydrogens (tertiary/aromatic N) is 3. The van der Waals surface area contributed by atoms with E-state index < -0.39 is 5.60 Å². The van der Waals surface area contributed by atoms with Crippen molar-refractivity contribution in [2.24, 2.45) is 0 Å². The molecule has 21 heavy (non-hydrogen) atoms. The number of carbonyl (C=O) groups is 1. The Balaban J connectivity index is 2.24. The van der Waals surface area contributed by atoms with Crippen LogP contribution in [0.4, 0.5) is 4.79 Å². The van der Waals surface area contributed by atoms with Crippen LogP contribution in [-0.4, -0.2) is 32.7 Å². The lowest BCUT2D eigenvalue weighted by molar-refractivity contribution is 0.0216. The Hall–Kier alpha value is -1.52. The molecule has 2 heterocycles. The van der Waals surface area contributed by atoms with Crippen molar-refractivity contribution in [2.45, 2.75) is 71.6 Å². The Morgan fingerprint density at radius 3 is 2.52 bits per heavy atom. The lowest BCUT2D eigenvalue weighted by Gasteiger charge is -2.31. The summed E-state index contributed by atoms with van der Waals surface area (Å²) >= 11 is 0. The van der Waals surface area contributed by atoms with Crippen LogP contribution in [0, 0.1) is 0 Å². The van der Waals surface area contributed by atoms with E-state index in [1.54, 1.807) is 0 Å².